The molecule has 1 heterocycles. The highest BCUT2D eigenvalue weighted by Gasteiger charge is 2.05. The van der Waals surface area contributed by atoms with Crippen LogP contribution in [0.2, 0.25) is 0 Å². The third-order valence-electron chi connectivity index (χ3n) is 1.95. The molecule has 1 aromatic carbocycles. The SMILES string of the molecule is Cc1cc2cc(F)cc(C#N)c2[nH]1. The Balaban J connectivity index is 2.90. The van der Waals surface area contributed by atoms with Gasteiger partial charge in [0.1, 0.15) is 11.9 Å². The van der Waals surface area contributed by atoms with Crippen LogP contribution in [0.1, 0.15) is 11.3 Å². The first-order valence-electron chi connectivity index (χ1n) is 3.89. The summed E-state index contributed by atoms with van der Waals surface area (Å²) in [7, 11) is 0. The van der Waals surface area contributed by atoms with Crippen LogP contribution in [-0.4, -0.2) is 4.98 Å². The number of nitrogens with zero attached hydrogens (tertiary/aromatic N) is 1. The molecule has 0 atom stereocenters. The van der Waals surface area contributed by atoms with Crippen molar-refractivity contribution in [2.24, 2.45) is 0 Å². The summed E-state index contributed by atoms with van der Waals surface area (Å²) in [5.74, 6) is -0.372. The fraction of sp³-hybridized carbons (Fsp3) is 0.100. The monoisotopic (exact) mass is 174 g/mol. The third kappa shape index (κ3) is 1.17. The van der Waals surface area contributed by atoms with Crippen LogP contribution < -0.4 is 0 Å². The summed E-state index contributed by atoms with van der Waals surface area (Å²) < 4.78 is 12.9. The number of rotatable bonds is 0. The molecule has 0 fully saturated rings. The summed E-state index contributed by atoms with van der Waals surface area (Å²) in [4.78, 5) is 3.02. The van der Waals surface area contributed by atoms with Gasteiger partial charge in [-0.2, -0.15) is 5.26 Å². The number of fused-ring (bicyclic) bond motifs is 1. The molecule has 0 unspecified atom stereocenters. The van der Waals surface area contributed by atoms with Gasteiger partial charge in [-0.05, 0) is 25.1 Å². The largest absolute Gasteiger partial charge is 0.358 e. The van der Waals surface area contributed by atoms with Crippen molar-refractivity contribution in [3.8, 4) is 6.07 Å². The maximum atomic E-state index is 12.9. The minimum absolute atomic E-state index is 0.350. The highest BCUT2D eigenvalue weighted by atomic mass is 19.1. The predicted molar refractivity (Wildman–Crippen MR) is 47.7 cm³/mol. The number of aromatic amines is 1. The number of halogens is 1. The number of hydrogen-bond donors (Lipinski definition) is 1. The first-order chi connectivity index (χ1) is 6.20. The van der Waals surface area contributed by atoms with Crippen LogP contribution in [0.5, 0.6) is 0 Å². The molecule has 64 valence electrons. The minimum Gasteiger partial charge on any atom is -0.358 e. The molecule has 3 heteroatoms. The molecule has 0 saturated carbocycles. The van der Waals surface area contributed by atoms with E-state index in [2.05, 4.69) is 4.98 Å². The van der Waals surface area contributed by atoms with E-state index < -0.39 is 0 Å². The molecule has 0 aliphatic heterocycles. The van der Waals surface area contributed by atoms with Crippen LogP contribution in [0.3, 0.4) is 0 Å². The Hall–Kier alpha value is -1.82. The minimum atomic E-state index is -0.372. The van der Waals surface area contributed by atoms with Crippen LogP contribution in [0.15, 0.2) is 18.2 Å². The molecule has 0 aliphatic rings. The Morgan fingerprint density at radius 1 is 1.38 bits per heavy atom. The van der Waals surface area contributed by atoms with Gasteiger partial charge in [0.25, 0.3) is 0 Å². The maximum absolute atomic E-state index is 12.9. The molecule has 2 aromatic rings. The van der Waals surface area contributed by atoms with Crippen molar-refractivity contribution in [2.75, 3.05) is 0 Å². The van der Waals surface area contributed by atoms with E-state index in [4.69, 9.17) is 5.26 Å². The van der Waals surface area contributed by atoms with Crippen molar-refractivity contribution in [1.82, 2.24) is 4.98 Å². The summed E-state index contributed by atoms with van der Waals surface area (Å²) in [6.45, 7) is 1.87. The quantitative estimate of drug-likeness (QED) is 0.654. The second-order valence-corrected chi connectivity index (χ2v) is 2.98. The van der Waals surface area contributed by atoms with E-state index in [0.29, 0.717) is 11.1 Å². The Labute approximate surface area is 74.6 Å². The van der Waals surface area contributed by atoms with Crippen LogP contribution in [0, 0.1) is 24.1 Å². The van der Waals surface area contributed by atoms with Gasteiger partial charge in [-0.15, -0.1) is 0 Å². The molecule has 0 amide bonds. The van der Waals surface area contributed by atoms with Gasteiger partial charge in [-0.25, -0.2) is 4.39 Å². The van der Waals surface area contributed by atoms with Crippen LogP contribution >= 0.6 is 0 Å². The third-order valence-corrected chi connectivity index (χ3v) is 1.95. The summed E-state index contributed by atoms with van der Waals surface area (Å²) in [5.41, 5.74) is 1.99. The summed E-state index contributed by atoms with van der Waals surface area (Å²) in [6, 6.07) is 6.42. The topological polar surface area (TPSA) is 39.6 Å². The number of aromatic nitrogens is 1. The maximum Gasteiger partial charge on any atom is 0.125 e. The molecule has 0 radical (unpaired) electrons. The average Bonchev–Trinajstić information content (AvgIpc) is 2.43. The molecule has 0 spiro atoms. The van der Waals surface area contributed by atoms with E-state index in [0.717, 1.165) is 11.1 Å². The molecule has 2 rings (SSSR count). The number of H-pyrrole nitrogens is 1. The predicted octanol–water partition coefficient (Wildman–Crippen LogP) is 2.49. The zero-order chi connectivity index (χ0) is 9.42. The van der Waals surface area contributed by atoms with Gasteiger partial charge >= 0.3 is 0 Å². The van der Waals surface area contributed by atoms with E-state index in [1.807, 2.05) is 19.1 Å². The molecular weight excluding hydrogens is 167 g/mol. The van der Waals surface area contributed by atoms with Gasteiger partial charge in [-0.3, -0.25) is 0 Å². The summed E-state index contributed by atoms with van der Waals surface area (Å²) in [5, 5.41) is 9.48. The molecule has 1 N–H and O–H groups in total. The zero-order valence-electron chi connectivity index (χ0n) is 7.06. The van der Waals surface area contributed by atoms with Crippen molar-refractivity contribution in [3.05, 3.63) is 35.3 Å². The van der Waals surface area contributed by atoms with E-state index in [-0.39, 0.29) is 5.82 Å². The standard InChI is InChI=1S/C10H7FN2/c1-6-2-7-3-9(11)4-8(5-12)10(7)13-6/h2-4,13H,1H3. The van der Waals surface area contributed by atoms with E-state index in [1.165, 1.54) is 12.1 Å². The fourth-order valence-corrected chi connectivity index (χ4v) is 1.44. The van der Waals surface area contributed by atoms with Crippen molar-refractivity contribution < 1.29 is 4.39 Å². The van der Waals surface area contributed by atoms with E-state index >= 15 is 0 Å². The first-order valence-corrected chi connectivity index (χ1v) is 3.89. The fourth-order valence-electron chi connectivity index (χ4n) is 1.44. The van der Waals surface area contributed by atoms with Gasteiger partial charge in [0.15, 0.2) is 0 Å². The lowest BCUT2D eigenvalue weighted by atomic mass is 10.1. The molecule has 13 heavy (non-hydrogen) atoms. The molecule has 0 saturated heterocycles. The zero-order valence-corrected chi connectivity index (χ0v) is 7.06. The normalized spacial score (nSPS) is 10.2. The summed E-state index contributed by atoms with van der Waals surface area (Å²) >= 11 is 0. The average molecular weight is 174 g/mol. The molecule has 0 aliphatic carbocycles. The van der Waals surface area contributed by atoms with Crippen molar-refractivity contribution in [1.29, 1.82) is 5.26 Å². The van der Waals surface area contributed by atoms with Gasteiger partial charge in [0.2, 0.25) is 0 Å². The van der Waals surface area contributed by atoms with Crippen molar-refractivity contribution in [3.63, 3.8) is 0 Å². The lowest BCUT2D eigenvalue weighted by Gasteiger charge is -1.93. The van der Waals surface area contributed by atoms with Gasteiger partial charge in [0.05, 0.1) is 11.1 Å². The van der Waals surface area contributed by atoms with Crippen molar-refractivity contribution in [2.45, 2.75) is 6.92 Å². The molecule has 1 aromatic heterocycles. The van der Waals surface area contributed by atoms with Crippen LogP contribution in [0.25, 0.3) is 10.9 Å². The number of benzene rings is 1. The Bertz CT molecular complexity index is 505. The molecule has 0 bridgehead atoms. The first kappa shape index (κ1) is 7.81. The number of hydrogen-bond acceptors (Lipinski definition) is 1. The van der Waals surface area contributed by atoms with Crippen LogP contribution in [-0.2, 0) is 0 Å². The van der Waals surface area contributed by atoms with E-state index in [9.17, 15) is 4.39 Å². The van der Waals surface area contributed by atoms with E-state index in [1.54, 1.807) is 0 Å². The second kappa shape index (κ2) is 2.60. The highest BCUT2D eigenvalue weighted by Crippen LogP contribution is 2.20. The smallest absolute Gasteiger partial charge is 0.125 e. The van der Waals surface area contributed by atoms with Gasteiger partial charge in [-0.1, -0.05) is 0 Å². The second-order valence-electron chi connectivity index (χ2n) is 2.98. The Morgan fingerprint density at radius 2 is 2.15 bits per heavy atom. The van der Waals surface area contributed by atoms with Crippen LogP contribution in [0.4, 0.5) is 4.39 Å². The van der Waals surface area contributed by atoms with Gasteiger partial charge < -0.3 is 4.98 Å². The number of aryl methyl sites for hydroxylation is 1. The lowest BCUT2D eigenvalue weighted by molar-refractivity contribution is 0.629. The van der Waals surface area contributed by atoms with Crippen molar-refractivity contribution >= 4 is 10.9 Å². The number of nitriles is 1. The highest BCUT2D eigenvalue weighted by molar-refractivity contribution is 5.85. The summed E-state index contributed by atoms with van der Waals surface area (Å²) in [6.07, 6.45) is 0. The Kier molecular flexibility index (Phi) is 1.56. The van der Waals surface area contributed by atoms with Gasteiger partial charge in [0, 0.05) is 11.1 Å². The molecule has 2 nitrogen and oxygen atoms in total. The lowest BCUT2D eigenvalue weighted by Crippen LogP contribution is -1.81. The Morgan fingerprint density at radius 3 is 2.85 bits per heavy atom. The molecular formula is C10H7FN2. The number of nitrogens with one attached hydrogen (secondary N) is 1.